The molecular formula is C8H8N2O2. The second kappa shape index (κ2) is 2.48. The van der Waals surface area contributed by atoms with E-state index >= 15 is 0 Å². The Morgan fingerprint density at radius 2 is 2.17 bits per heavy atom. The van der Waals surface area contributed by atoms with Crippen LogP contribution in [0.15, 0.2) is 23.0 Å². The van der Waals surface area contributed by atoms with Gasteiger partial charge in [-0.05, 0) is 6.07 Å². The van der Waals surface area contributed by atoms with Gasteiger partial charge in [-0.2, -0.15) is 0 Å². The summed E-state index contributed by atoms with van der Waals surface area (Å²) in [7, 11) is 0. The fraction of sp³-hybridized carbons (Fsp3) is 0.250. The SMILES string of the molecule is O=C1NCCn2c1cccc2=O. The number of hydrogen-bond acceptors (Lipinski definition) is 2. The summed E-state index contributed by atoms with van der Waals surface area (Å²) in [6, 6.07) is 4.71. The van der Waals surface area contributed by atoms with Gasteiger partial charge in [0.25, 0.3) is 11.5 Å². The number of rotatable bonds is 0. The Morgan fingerprint density at radius 3 is 2.92 bits per heavy atom. The largest absolute Gasteiger partial charge is 0.349 e. The molecule has 0 aromatic carbocycles. The van der Waals surface area contributed by atoms with Gasteiger partial charge in [-0.1, -0.05) is 6.07 Å². The number of carbonyl (C=O) groups excluding carboxylic acids is 1. The Hall–Kier alpha value is -1.58. The lowest BCUT2D eigenvalue weighted by Gasteiger charge is -2.17. The smallest absolute Gasteiger partial charge is 0.268 e. The molecule has 4 heteroatoms. The van der Waals surface area contributed by atoms with Gasteiger partial charge in [0.05, 0.1) is 0 Å². The average molecular weight is 164 g/mol. The van der Waals surface area contributed by atoms with E-state index < -0.39 is 0 Å². The van der Waals surface area contributed by atoms with Crippen LogP contribution < -0.4 is 10.9 Å². The maximum atomic E-state index is 11.2. The van der Waals surface area contributed by atoms with Gasteiger partial charge in [0.2, 0.25) is 0 Å². The molecule has 1 aliphatic heterocycles. The van der Waals surface area contributed by atoms with Crippen LogP contribution >= 0.6 is 0 Å². The first-order valence-corrected chi connectivity index (χ1v) is 3.77. The lowest BCUT2D eigenvalue weighted by atomic mass is 10.2. The molecule has 0 radical (unpaired) electrons. The van der Waals surface area contributed by atoms with E-state index in [1.165, 1.54) is 10.6 Å². The van der Waals surface area contributed by atoms with Crippen LogP contribution in [-0.2, 0) is 6.54 Å². The van der Waals surface area contributed by atoms with Crippen molar-refractivity contribution in [3.05, 3.63) is 34.2 Å². The number of nitrogens with zero attached hydrogens (tertiary/aromatic N) is 1. The topological polar surface area (TPSA) is 51.1 Å². The molecular weight excluding hydrogens is 156 g/mol. The van der Waals surface area contributed by atoms with Gasteiger partial charge in [0.1, 0.15) is 5.69 Å². The Labute approximate surface area is 68.8 Å². The average Bonchev–Trinajstić information content (AvgIpc) is 2.07. The van der Waals surface area contributed by atoms with Crippen LogP contribution in [0, 0.1) is 0 Å². The first-order chi connectivity index (χ1) is 5.79. The zero-order valence-electron chi connectivity index (χ0n) is 6.41. The van der Waals surface area contributed by atoms with Crippen molar-refractivity contribution in [3.8, 4) is 0 Å². The molecule has 0 atom stereocenters. The van der Waals surface area contributed by atoms with E-state index in [9.17, 15) is 9.59 Å². The number of amides is 1. The lowest BCUT2D eigenvalue weighted by Crippen LogP contribution is -2.40. The molecule has 1 aromatic heterocycles. The molecule has 1 aliphatic rings. The fourth-order valence-electron chi connectivity index (χ4n) is 1.32. The second-order valence-corrected chi connectivity index (χ2v) is 2.66. The Kier molecular flexibility index (Phi) is 1.46. The van der Waals surface area contributed by atoms with Crippen LogP contribution in [0.5, 0.6) is 0 Å². The van der Waals surface area contributed by atoms with Crippen LogP contribution in [0.2, 0.25) is 0 Å². The first kappa shape index (κ1) is 7.09. The summed E-state index contributed by atoms with van der Waals surface area (Å²) in [5.41, 5.74) is 0.344. The van der Waals surface area contributed by atoms with Crippen molar-refractivity contribution in [2.75, 3.05) is 6.54 Å². The van der Waals surface area contributed by atoms with E-state index in [1.54, 1.807) is 12.1 Å². The number of carbonyl (C=O) groups is 1. The molecule has 0 saturated heterocycles. The minimum atomic E-state index is -0.168. The highest BCUT2D eigenvalue weighted by molar-refractivity contribution is 5.93. The van der Waals surface area contributed by atoms with Gasteiger partial charge in [0, 0.05) is 19.2 Å². The molecule has 2 heterocycles. The lowest BCUT2D eigenvalue weighted by molar-refractivity contribution is 0.0925. The predicted octanol–water partition coefficient (Wildman–Crippen LogP) is -0.408. The highest BCUT2D eigenvalue weighted by Crippen LogP contribution is 1.99. The highest BCUT2D eigenvalue weighted by Gasteiger charge is 2.15. The normalized spacial score (nSPS) is 15.2. The molecule has 0 spiro atoms. The van der Waals surface area contributed by atoms with E-state index in [0.717, 1.165) is 0 Å². The van der Waals surface area contributed by atoms with Gasteiger partial charge in [-0.25, -0.2) is 0 Å². The Balaban J connectivity index is 2.67. The van der Waals surface area contributed by atoms with Gasteiger partial charge in [-0.3, -0.25) is 9.59 Å². The molecule has 1 N–H and O–H groups in total. The van der Waals surface area contributed by atoms with Crippen LogP contribution in [0.3, 0.4) is 0 Å². The first-order valence-electron chi connectivity index (χ1n) is 3.77. The van der Waals surface area contributed by atoms with Crippen LogP contribution in [-0.4, -0.2) is 17.0 Å². The molecule has 0 saturated carbocycles. The van der Waals surface area contributed by atoms with E-state index in [-0.39, 0.29) is 11.5 Å². The third-order valence-electron chi connectivity index (χ3n) is 1.90. The summed E-state index contributed by atoms with van der Waals surface area (Å²) in [6.07, 6.45) is 0. The van der Waals surface area contributed by atoms with Crippen molar-refractivity contribution in [2.24, 2.45) is 0 Å². The highest BCUT2D eigenvalue weighted by atomic mass is 16.2. The predicted molar refractivity (Wildman–Crippen MR) is 43.0 cm³/mol. The number of pyridine rings is 1. The number of nitrogens with one attached hydrogen (secondary N) is 1. The summed E-state index contributed by atoms with van der Waals surface area (Å²) < 4.78 is 1.48. The molecule has 0 aliphatic carbocycles. The molecule has 0 fully saturated rings. The van der Waals surface area contributed by atoms with Crippen molar-refractivity contribution in [2.45, 2.75) is 6.54 Å². The molecule has 1 amide bonds. The summed E-state index contributed by atoms with van der Waals surface area (Å²) in [4.78, 5) is 22.4. The zero-order valence-corrected chi connectivity index (χ0v) is 6.41. The monoisotopic (exact) mass is 164 g/mol. The van der Waals surface area contributed by atoms with Gasteiger partial charge in [0.15, 0.2) is 0 Å². The van der Waals surface area contributed by atoms with Crippen molar-refractivity contribution in [1.82, 2.24) is 9.88 Å². The molecule has 0 bridgehead atoms. The Bertz CT molecular complexity index is 381. The minimum absolute atomic E-state index is 0.109. The van der Waals surface area contributed by atoms with Gasteiger partial charge < -0.3 is 9.88 Å². The van der Waals surface area contributed by atoms with Crippen LogP contribution in [0.25, 0.3) is 0 Å². The maximum Gasteiger partial charge on any atom is 0.268 e. The van der Waals surface area contributed by atoms with Crippen molar-refractivity contribution in [3.63, 3.8) is 0 Å². The number of hydrogen-bond donors (Lipinski definition) is 1. The summed E-state index contributed by atoms with van der Waals surface area (Å²) in [5.74, 6) is -0.168. The quantitative estimate of drug-likeness (QED) is 0.566. The third-order valence-corrected chi connectivity index (χ3v) is 1.90. The second-order valence-electron chi connectivity index (χ2n) is 2.66. The van der Waals surface area contributed by atoms with Gasteiger partial charge in [-0.15, -0.1) is 0 Å². The van der Waals surface area contributed by atoms with E-state index in [0.29, 0.717) is 18.8 Å². The fourth-order valence-corrected chi connectivity index (χ4v) is 1.32. The van der Waals surface area contributed by atoms with Crippen molar-refractivity contribution >= 4 is 5.91 Å². The van der Waals surface area contributed by atoms with E-state index in [1.807, 2.05) is 0 Å². The van der Waals surface area contributed by atoms with Crippen LogP contribution in [0.4, 0.5) is 0 Å². The van der Waals surface area contributed by atoms with Gasteiger partial charge >= 0.3 is 0 Å². The standard InChI is InChI=1S/C8H8N2O2/c11-7-3-1-2-6-8(12)9-4-5-10(6)7/h1-3H,4-5H2,(H,9,12). The molecule has 0 unspecified atom stereocenters. The van der Waals surface area contributed by atoms with Crippen LogP contribution in [0.1, 0.15) is 10.5 Å². The van der Waals surface area contributed by atoms with Crippen molar-refractivity contribution < 1.29 is 4.79 Å². The maximum absolute atomic E-state index is 11.2. The summed E-state index contributed by atoms with van der Waals surface area (Å²) in [5, 5.41) is 2.67. The molecule has 62 valence electrons. The Morgan fingerprint density at radius 1 is 1.33 bits per heavy atom. The zero-order chi connectivity index (χ0) is 8.55. The number of fused-ring (bicyclic) bond motifs is 1. The van der Waals surface area contributed by atoms with E-state index in [2.05, 4.69) is 5.32 Å². The van der Waals surface area contributed by atoms with E-state index in [4.69, 9.17) is 0 Å². The third kappa shape index (κ3) is 0.922. The molecule has 4 nitrogen and oxygen atoms in total. The summed E-state index contributed by atoms with van der Waals surface area (Å²) in [6.45, 7) is 1.11. The molecule has 1 aromatic rings. The number of aromatic nitrogens is 1. The summed E-state index contributed by atoms with van der Waals surface area (Å²) >= 11 is 0. The molecule has 12 heavy (non-hydrogen) atoms. The minimum Gasteiger partial charge on any atom is -0.349 e. The van der Waals surface area contributed by atoms with Crippen molar-refractivity contribution in [1.29, 1.82) is 0 Å². The molecule has 2 rings (SSSR count).